The van der Waals surface area contributed by atoms with Crippen LogP contribution in [0.15, 0.2) is 23.3 Å². The van der Waals surface area contributed by atoms with Gasteiger partial charge in [0, 0.05) is 24.5 Å². The predicted molar refractivity (Wildman–Crippen MR) is 136 cm³/mol. The van der Waals surface area contributed by atoms with Crippen molar-refractivity contribution in [1.29, 1.82) is 0 Å². The minimum atomic E-state index is -3.14. The van der Waals surface area contributed by atoms with E-state index >= 15 is 0 Å². The summed E-state index contributed by atoms with van der Waals surface area (Å²) in [6.45, 7) is 12.5. The van der Waals surface area contributed by atoms with E-state index in [-0.39, 0.29) is 17.7 Å². The second-order valence-electron chi connectivity index (χ2n) is 13.1. The molecule has 34 heavy (non-hydrogen) atoms. The van der Waals surface area contributed by atoms with Gasteiger partial charge in [-0.3, -0.25) is 0 Å². The van der Waals surface area contributed by atoms with E-state index in [2.05, 4.69) is 37.4 Å². The summed E-state index contributed by atoms with van der Waals surface area (Å²) in [5, 5.41) is 3.75. The van der Waals surface area contributed by atoms with Crippen molar-refractivity contribution in [3.63, 3.8) is 0 Å². The van der Waals surface area contributed by atoms with E-state index in [1.807, 2.05) is 0 Å². The summed E-state index contributed by atoms with van der Waals surface area (Å²) in [7, 11) is -3.14. The maximum Gasteiger partial charge on any atom is 0.208 e. The molecule has 5 nitrogen and oxygen atoms in total. The summed E-state index contributed by atoms with van der Waals surface area (Å²) in [6.07, 6.45) is 12.0. The molecule has 0 amide bonds. The Morgan fingerprint density at radius 1 is 1.15 bits per heavy atom. The Labute approximate surface area is 206 Å². The Morgan fingerprint density at radius 3 is 2.71 bits per heavy atom. The lowest BCUT2D eigenvalue weighted by atomic mass is 9.52. The molecule has 6 heteroatoms. The highest BCUT2D eigenvalue weighted by Gasteiger charge is 2.61. The Hall–Kier alpha value is -0.690. The standard InChI is InChI=1S/C28H44N2O3S/c1-16-12-25-26(29-15-16)18(3)28(33-25)11-9-21-22-7-6-19-13-20(30-34(5,31)32)8-10-27(19,4)24(22)14-23(21)17(28)2/h18-22,24-26,29-30H,1,6-15H2,2-5H3/t18-,19?,20-,21+,22?,24+,25-,26?,27?,28?/m1/s1. The topological polar surface area (TPSA) is 67.4 Å². The third kappa shape index (κ3) is 3.45. The molecule has 6 rings (SSSR count). The summed E-state index contributed by atoms with van der Waals surface area (Å²) in [5.74, 6) is 3.42. The third-order valence-corrected chi connectivity index (χ3v) is 12.3. The van der Waals surface area contributed by atoms with Gasteiger partial charge in [-0.05, 0) is 99.4 Å². The first-order valence-corrected chi connectivity index (χ1v) is 15.7. The van der Waals surface area contributed by atoms with Gasteiger partial charge in [0.05, 0.1) is 18.0 Å². The summed E-state index contributed by atoms with van der Waals surface area (Å²) in [4.78, 5) is 0. The van der Waals surface area contributed by atoms with Gasteiger partial charge in [-0.25, -0.2) is 13.1 Å². The van der Waals surface area contributed by atoms with Crippen LogP contribution in [0.3, 0.4) is 0 Å². The van der Waals surface area contributed by atoms with E-state index in [1.165, 1.54) is 43.9 Å². The number of piperidine rings is 1. The van der Waals surface area contributed by atoms with Crippen LogP contribution >= 0.6 is 0 Å². The minimum Gasteiger partial charge on any atom is -0.365 e. The average molecular weight is 489 g/mol. The predicted octanol–water partition coefficient (Wildman–Crippen LogP) is 4.56. The average Bonchev–Trinajstić information content (AvgIpc) is 3.27. The second-order valence-corrected chi connectivity index (χ2v) is 14.9. The number of sulfonamides is 1. The van der Waals surface area contributed by atoms with E-state index < -0.39 is 10.0 Å². The summed E-state index contributed by atoms with van der Waals surface area (Å²) < 4.78 is 33.6. The molecule has 0 aromatic carbocycles. The molecule has 5 fully saturated rings. The number of hydrogen-bond donors (Lipinski definition) is 2. The van der Waals surface area contributed by atoms with Crippen LogP contribution in [-0.2, 0) is 14.8 Å². The zero-order valence-corrected chi connectivity index (χ0v) is 22.3. The fourth-order valence-electron chi connectivity index (χ4n) is 9.89. The maximum absolute atomic E-state index is 11.9. The molecule has 3 saturated carbocycles. The molecule has 190 valence electrons. The van der Waals surface area contributed by atoms with Gasteiger partial charge < -0.3 is 10.1 Å². The van der Waals surface area contributed by atoms with Crippen molar-refractivity contribution in [2.75, 3.05) is 12.8 Å². The molecule has 6 aliphatic rings. The van der Waals surface area contributed by atoms with E-state index in [4.69, 9.17) is 4.74 Å². The van der Waals surface area contributed by atoms with Gasteiger partial charge in [0.15, 0.2) is 0 Å². The summed E-state index contributed by atoms with van der Waals surface area (Å²) >= 11 is 0. The van der Waals surface area contributed by atoms with Crippen molar-refractivity contribution < 1.29 is 13.2 Å². The fourth-order valence-corrected chi connectivity index (χ4v) is 10.7. The Bertz CT molecular complexity index is 1020. The molecular weight excluding hydrogens is 444 g/mol. The van der Waals surface area contributed by atoms with E-state index in [9.17, 15) is 8.42 Å². The highest BCUT2D eigenvalue weighted by molar-refractivity contribution is 7.88. The molecule has 2 N–H and O–H groups in total. The molecule has 0 bridgehead atoms. The van der Waals surface area contributed by atoms with Crippen LogP contribution in [0.1, 0.15) is 78.6 Å². The van der Waals surface area contributed by atoms with Gasteiger partial charge in [0.1, 0.15) is 0 Å². The van der Waals surface area contributed by atoms with Gasteiger partial charge in [-0.1, -0.05) is 31.6 Å². The van der Waals surface area contributed by atoms with Crippen LogP contribution in [0.4, 0.5) is 0 Å². The first-order valence-electron chi connectivity index (χ1n) is 13.8. The molecular formula is C28H44N2O3S. The minimum absolute atomic E-state index is 0.0936. The molecule has 5 unspecified atom stereocenters. The lowest BCUT2D eigenvalue weighted by Crippen LogP contribution is -2.50. The molecule has 0 radical (unpaired) electrons. The van der Waals surface area contributed by atoms with Crippen LogP contribution in [0.25, 0.3) is 0 Å². The molecule has 2 aliphatic heterocycles. The SMILES string of the molecule is C=C1CNC2[C@@H](C)C3(CC[C@@H]4C(=C3C)C[C@H]3C4CCC4C[C@H](NS(C)(=O)=O)CCC43C)O[C@@H]2C1. The zero-order valence-electron chi connectivity index (χ0n) is 21.5. The largest absolute Gasteiger partial charge is 0.365 e. The Morgan fingerprint density at radius 2 is 1.94 bits per heavy atom. The smallest absolute Gasteiger partial charge is 0.208 e. The number of rotatable bonds is 2. The fraction of sp³-hybridized carbons (Fsp3) is 0.857. The van der Waals surface area contributed by atoms with Crippen LogP contribution in [0.2, 0.25) is 0 Å². The van der Waals surface area contributed by atoms with Crippen molar-refractivity contribution >= 4 is 10.0 Å². The molecule has 2 saturated heterocycles. The molecule has 4 aliphatic carbocycles. The van der Waals surface area contributed by atoms with E-state index in [0.717, 1.165) is 50.0 Å². The van der Waals surface area contributed by atoms with Crippen LogP contribution in [0.5, 0.6) is 0 Å². The number of nitrogens with one attached hydrogen (secondary N) is 2. The van der Waals surface area contributed by atoms with Crippen LogP contribution < -0.4 is 10.0 Å². The van der Waals surface area contributed by atoms with Crippen molar-refractivity contribution in [2.45, 2.75) is 102 Å². The first kappa shape index (κ1) is 23.7. The van der Waals surface area contributed by atoms with Crippen molar-refractivity contribution in [3.8, 4) is 0 Å². The van der Waals surface area contributed by atoms with Crippen LogP contribution in [-0.4, -0.2) is 45.0 Å². The molecule has 2 heterocycles. The molecule has 0 aromatic heterocycles. The van der Waals surface area contributed by atoms with E-state index in [0.29, 0.717) is 23.3 Å². The van der Waals surface area contributed by atoms with Gasteiger partial charge in [0.25, 0.3) is 0 Å². The van der Waals surface area contributed by atoms with Crippen LogP contribution in [0, 0.1) is 35.0 Å². The van der Waals surface area contributed by atoms with Gasteiger partial charge in [0.2, 0.25) is 10.0 Å². The lowest BCUT2D eigenvalue weighted by molar-refractivity contribution is -0.0537. The monoisotopic (exact) mass is 488 g/mol. The normalized spacial score (nSPS) is 50.6. The number of ether oxygens (including phenoxy) is 1. The quantitative estimate of drug-likeness (QED) is 0.559. The lowest BCUT2D eigenvalue weighted by Gasteiger charge is -2.54. The van der Waals surface area contributed by atoms with Crippen molar-refractivity contribution in [2.24, 2.45) is 35.0 Å². The third-order valence-electron chi connectivity index (χ3n) is 11.6. The molecule has 1 spiro atoms. The summed E-state index contributed by atoms with van der Waals surface area (Å²) in [5.41, 5.74) is 4.83. The molecule has 0 aromatic rings. The number of fused-ring (bicyclic) bond motifs is 6. The zero-order chi connectivity index (χ0) is 24.0. The van der Waals surface area contributed by atoms with E-state index in [1.54, 1.807) is 11.1 Å². The maximum atomic E-state index is 11.9. The highest BCUT2D eigenvalue weighted by atomic mass is 32.2. The summed E-state index contributed by atoms with van der Waals surface area (Å²) in [6, 6.07) is 0.566. The first-order chi connectivity index (χ1) is 16.0. The number of allylic oxidation sites excluding steroid dienone is 1. The molecule has 10 atom stereocenters. The highest BCUT2D eigenvalue weighted by Crippen LogP contribution is 2.66. The van der Waals surface area contributed by atoms with Crippen molar-refractivity contribution in [3.05, 3.63) is 23.3 Å². The van der Waals surface area contributed by atoms with Gasteiger partial charge in [-0.2, -0.15) is 0 Å². The second kappa shape index (κ2) is 7.90. The Balaban J connectivity index is 1.27. The van der Waals surface area contributed by atoms with Gasteiger partial charge in [-0.15, -0.1) is 0 Å². The Kier molecular flexibility index (Phi) is 5.51. The van der Waals surface area contributed by atoms with Gasteiger partial charge >= 0.3 is 0 Å². The van der Waals surface area contributed by atoms with Crippen molar-refractivity contribution in [1.82, 2.24) is 10.0 Å². The number of hydrogen-bond acceptors (Lipinski definition) is 4.